The van der Waals surface area contributed by atoms with E-state index in [1.807, 2.05) is 6.07 Å². The first-order chi connectivity index (χ1) is 12.7. The second-order valence-electron chi connectivity index (χ2n) is 6.32. The summed E-state index contributed by atoms with van der Waals surface area (Å²) in [7, 11) is 0. The molecule has 1 aromatic carbocycles. The van der Waals surface area contributed by atoms with Crippen molar-refractivity contribution in [3.8, 4) is 6.07 Å². The van der Waals surface area contributed by atoms with Gasteiger partial charge in [-0.05, 0) is 38.5 Å². The van der Waals surface area contributed by atoms with E-state index in [2.05, 4.69) is 10.6 Å². The third-order valence-corrected chi connectivity index (χ3v) is 4.28. The molecule has 0 aliphatic carbocycles. The number of benzene rings is 1. The molecule has 0 bridgehead atoms. The number of imide groups is 1. The zero-order valence-corrected chi connectivity index (χ0v) is 15.2. The highest BCUT2D eigenvalue weighted by Gasteiger charge is 2.47. The fraction of sp³-hybridized carbons (Fsp3) is 0.389. The van der Waals surface area contributed by atoms with Crippen molar-refractivity contribution in [3.63, 3.8) is 0 Å². The molecular weight excluding hydrogens is 352 g/mol. The van der Waals surface area contributed by atoms with Gasteiger partial charge in [0.05, 0.1) is 11.6 Å². The Morgan fingerprint density at radius 3 is 2.70 bits per heavy atom. The van der Waals surface area contributed by atoms with Gasteiger partial charge in [-0.3, -0.25) is 19.3 Å². The molecule has 2 atom stereocenters. The minimum absolute atomic E-state index is 0.370. The number of esters is 1. The normalized spacial score (nSPS) is 19.9. The number of rotatable bonds is 6. The van der Waals surface area contributed by atoms with Gasteiger partial charge in [0.2, 0.25) is 0 Å². The summed E-state index contributed by atoms with van der Waals surface area (Å²) in [5.74, 6) is -2.00. The van der Waals surface area contributed by atoms with Crippen LogP contribution in [0.15, 0.2) is 24.3 Å². The zero-order chi connectivity index (χ0) is 20.2. The van der Waals surface area contributed by atoms with Crippen molar-refractivity contribution in [1.29, 1.82) is 5.26 Å². The molecule has 4 amide bonds. The number of carbonyl (C=O) groups excluding carboxylic acids is 4. The molecule has 0 radical (unpaired) electrons. The minimum Gasteiger partial charge on any atom is -0.451 e. The predicted molar refractivity (Wildman–Crippen MR) is 94.3 cm³/mol. The van der Waals surface area contributed by atoms with E-state index in [-0.39, 0.29) is 0 Å². The summed E-state index contributed by atoms with van der Waals surface area (Å²) in [6.45, 7) is 4.10. The minimum atomic E-state index is -1.15. The van der Waals surface area contributed by atoms with Crippen molar-refractivity contribution in [1.82, 2.24) is 10.2 Å². The molecular formula is C18H20N4O5. The van der Waals surface area contributed by atoms with Crippen molar-refractivity contribution in [2.45, 2.75) is 38.8 Å². The first-order valence-corrected chi connectivity index (χ1v) is 8.34. The number of anilines is 1. The summed E-state index contributed by atoms with van der Waals surface area (Å²) in [6, 6.07) is 7.53. The maximum atomic E-state index is 12.3. The van der Waals surface area contributed by atoms with E-state index >= 15 is 0 Å². The van der Waals surface area contributed by atoms with Gasteiger partial charge in [0.1, 0.15) is 12.1 Å². The van der Waals surface area contributed by atoms with Crippen molar-refractivity contribution in [2.75, 3.05) is 11.9 Å². The molecule has 1 fully saturated rings. The summed E-state index contributed by atoms with van der Waals surface area (Å²) in [5.41, 5.74) is -0.295. The highest BCUT2D eigenvalue weighted by atomic mass is 16.5. The van der Waals surface area contributed by atoms with E-state index < -0.39 is 42.0 Å². The molecule has 0 unspecified atom stereocenters. The number of nitrogens with one attached hydrogen (secondary N) is 2. The summed E-state index contributed by atoms with van der Waals surface area (Å²) in [6.07, 6.45) is -0.773. The third-order valence-electron chi connectivity index (χ3n) is 4.28. The highest BCUT2D eigenvalue weighted by Crippen LogP contribution is 2.20. The first-order valence-electron chi connectivity index (χ1n) is 8.34. The number of hydrogen-bond donors (Lipinski definition) is 2. The molecule has 142 valence electrons. The Hall–Kier alpha value is -3.41. The smallest absolute Gasteiger partial charge is 0.327 e. The van der Waals surface area contributed by atoms with E-state index in [0.717, 1.165) is 4.90 Å². The van der Waals surface area contributed by atoms with Crippen LogP contribution in [0.5, 0.6) is 0 Å². The van der Waals surface area contributed by atoms with Crippen LogP contribution in [0.1, 0.15) is 32.8 Å². The lowest BCUT2D eigenvalue weighted by Crippen LogP contribution is -2.44. The largest absolute Gasteiger partial charge is 0.451 e. The third kappa shape index (κ3) is 4.41. The van der Waals surface area contributed by atoms with Crippen LogP contribution in [0.3, 0.4) is 0 Å². The lowest BCUT2D eigenvalue weighted by Gasteiger charge is -2.19. The van der Waals surface area contributed by atoms with Crippen molar-refractivity contribution < 1.29 is 23.9 Å². The summed E-state index contributed by atoms with van der Waals surface area (Å²) >= 11 is 0. The quantitative estimate of drug-likeness (QED) is 0.569. The van der Waals surface area contributed by atoms with E-state index in [1.165, 1.54) is 13.0 Å². The topological polar surface area (TPSA) is 129 Å². The Bertz CT molecular complexity index is 831. The Morgan fingerprint density at radius 2 is 2.11 bits per heavy atom. The van der Waals surface area contributed by atoms with E-state index in [4.69, 9.17) is 10.00 Å². The van der Waals surface area contributed by atoms with Gasteiger partial charge in [0.15, 0.2) is 6.10 Å². The number of urea groups is 1. The molecule has 9 nitrogen and oxygen atoms in total. The maximum Gasteiger partial charge on any atom is 0.327 e. The van der Waals surface area contributed by atoms with Crippen LogP contribution < -0.4 is 10.6 Å². The Morgan fingerprint density at radius 1 is 1.41 bits per heavy atom. The van der Waals surface area contributed by atoms with Gasteiger partial charge < -0.3 is 15.4 Å². The Kier molecular flexibility index (Phi) is 5.80. The van der Waals surface area contributed by atoms with Gasteiger partial charge in [0, 0.05) is 5.69 Å². The van der Waals surface area contributed by atoms with Gasteiger partial charge in [-0.25, -0.2) is 4.79 Å². The fourth-order valence-electron chi connectivity index (χ4n) is 2.46. The SMILES string of the molecule is CC[C@]1(C)NC(=O)N(CC(=O)O[C@@H](C)C(=O)Nc2cccc(C#N)c2)C1=O. The van der Waals surface area contributed by atoms with Crippen molar-refractivity contribution in [3.05, 3.63) is 29.8 Å². The first kappa shape index (κ1) is 19.9. The molecule has 1 aliphatic heterocycles. The second kappa shape index (κ2) is 7.86. The Balaban J connectivity index is 1.93. The van der Waals surface area contributed by atoms with Gasteiger partial charge in [-0.2, -0.15) is 5.26 Å². The van der Waals surface area contributed by atoms with Crippen LogP contribution in [0.2, 0.25) is 0 Å². The molecule has 2 N–H and O–H groups in total. The number of nitriles is 1. The molecule has 0 saturated carbocycles. The number of amides is 4. The second-order valence-corrected chi connectivity index (χ2v) is 6.32. The molecule has 2 rings (SSSR count). The van der Waals surface area contributed by atoms with E-state index in [9.17, 15) is 19.2 Å². The fourth-order valence-corrected chi connectivity index (χ4v) is 2.46. The molecule has 1 heterocycles. The average molecular weight is 372 g/mol. The summed E-state index contributed by atoms with van der Waals surface area (Å²) in [4.78, 5) is 49.1. The van der Waals surface area contributed by atoms with E-state index in [0.29, 0.717) is 17.7 Å². The van der Waals surface area contributed by atoms with Crippen LogP contribution in [-0.4, -0.2) is 46.9 Å². The lowest BCUT2D eigenvalue weighted by atomic mass is 9.99. The molecule has 0 spiro atoms. The van der Waals surface area contributed by atoms with Crippen molar-refractivity contribution in [2.24, 2.45) is 0 Å². The Labute approximate surface area is 156 Å². The molecule has 1 aromatic rings. The molecule has 0 aromatic heterocycles. The van der Waals surface area contributed by atoms with Gasteiger partial charge in [0.25, 0.3) is 11.8 Å². The van der Waals surface area contributed by atoms with Crippen LogP contribution >= 0.6 is 0 Å². The summed E-state index contributed by atoms with van der Waals surface area (Å²) < 4.78 is 5.01. The number of hydrogen-bond acceptors (Lipinski definition) is 6. The number of carbonyl (C=O) groups is 4. The predicted octanol–water partition coefficient (Wildman–Crippen LogP) is 1.15. The number of nitrogens with zero attached hydrogens (tertiary/aromatic N) is 2. The van der Waals surface area contributed by atoms with Crippen molar-refractivity contribution >= 4 is 29.5 Å². The number of ether oxygens (including phenoxy) is 1. The van der Waals surface area contributed by atoms with Gasteiger partial charge in [-0.1, -0.05) is 13.0 Å². The molecule has 9 heteroatoms. The van der Waals surface area contributed by atoms with Gasteiger partial charge >= 0.3 is 12.0 Å². The van der Waals surface area contributed by atoms with E-state index in [1.54, 1.807) is 32.0 Å². The van der Waals surface area contributed by atoms with Crippen LogP contribution in [0.4, 0.5) is 10.5 Å². The zero-order valence-electron chi connectivity index (χ0n) is 15.2. The lowest BCUT2D eigenvalue weighted by molar-refractivity contribution is -0.155. The molecule has 1 aliphatic rings. The van der Waals surface area contributed by atoms with Crippen LogP contribution in [0.25, 0.3) is 0 Å². The summed E-state index contributed by atoms with van der Waals surface area (Å²) in [5, 5.41) is 13.9. The highest BCUT2D eigenvalue weighted by molar-refractivity contribution is 6.08. The van der Waals surface area contributed by atoms with Crippen LogP contribution in [-0.2, 0) is 19.1 Å². The standard InChI is InChI=1S/C18H20N4O5/c1-4-18(3)16(25)22(17(26)21-18)10-14(23)27-11(2)15(24)20-13-7-5-6-12(8-13)9-19/h5-8,11H,4,10H2,1-3H3,(H,20,24)(H,21,26)/t11-,18-/m0/s1. The maximum absolute atomic E-state index is 12.3. The average Bonchev–Trinajstić information content (AvgIpc) is 2.85. The van der Waals surface area contributed by atoms with Crippen LogP contribution in [0, 0.1) is 11.3 Å². The monoisotopic (exact) mass is 372 g/mol. The van der Waals surface area contributed by atoms with Gasteiger partial charge in [-0.15, -0.1) is 0 Å². The molecule has 1 saturated heterocycles. The molecule has 27 heavy (non-hydrogen) atoms.